The number of aryl methyl sites for hydroxylation is 1. The number of nitriles is 1. The topological polar surface area (TPSA) is 54.7 Å². The maximum Gasteiger partial charge on any atom is 0.127 e. The van der Waals surface area contributed by atoms with Crippen molar-refractivity contribution in [1.82, 2.24) is 4.57 Å². The predicted octanol–water partition coefficient (Wildman–Crippen LogP) is 4.54. The van der Waals surface area contributed by atoms with Crippen LogP contribution in [0.1, 0.15) is 22.3 Å². The molecule has 3 nitrogen and oxygen atoms in total. The van der Waals surface area contributed by atoms with Crippen LogP contribution in [-0.4, -0.2) is 4.57 Å². The second kappa shape index (κ2) is 5.33. The van der Waals surface area contributed by atoms with E-state index in [0.29, 0.717) is 16.0 Å². The maximum atomic E-state index is 9.74. The van der Waals surface area contributed by atoms with Crippen molar-refractivity contribution in [1.29, 1.82) is 5.26 Å². The minimum absolute atomic E-state index is 0.404. The van der Waals surface area contributed by atoms with Gasteiger partial charge in [0.05, 0.1) is 0 Å². The quantitative estimate of drug-likeness (QED) is 0.522. The standard InChI is InChI=1S/C20H15N3S/c1-12-6-8-14(9-7-12)23-19(22)17(11-21)18-15-5-3-2-4-13(15)10-16(18)20(23)24/h2-9H,10,22H2,1H3. The fraction of sp³-hybridized carbons (Fsp3) is 0.100. The first-order valence-corrected chi connectivity index (χ1v) is 8.15. The van der Waals surface area contributed by atoms with E-state index in [1.807, 2.05) is 54.0 Å². The SMILES string of the molecule is Cc1ccc(-n2c(N)c(C#N)c3c(c2=S)Cc2ccccc2-3)cc1. The van der Waals surface area contributed by atoms with Crippen molar-refractivity contribution in [2.75, 3.05) is 5.73 Å². The molecule has 1 aromatic heterocycles. The summed E-state index contributed by atoms with van der Waals surface area (Å²) in [6, 6.07) is 18.4. The third kappa shape index (κ3) is 1.99. The number of aromatic nitrogens is 1. The molecule has 2 N–H and O–H groups in total. The number of pyridine rings is 1. The highest BCUT2D eigenvalue weighted by molar-refractivity contribution is 7.71. The number of nitrogen functional groups attached to an aromatic ring is 1. The van der Waals surface area contributed by atoms with Gasteiger partial charge in [-0.25, -0.2) is 0 Å². The van der Waals surface area contributed by atoms with Gasteiger partial charge in [-0.3, -0.25) is 4.57 Å². The summed E-state index contributed by atoms with van der Waals surface area (Å²) >= 11 is 5.75. The number of hydrogen-bond donors (Lipinski definition) is 1. The Morgan fingerprint density at radius 3 is 2.54 bits per heavy atom. The zero-order valence-corrected chi connectivity index (χ0v) is 14.0. The van der Waals surface area contributed by atoms with Crippen LogP contribution >= 0.6 is 12.2 Å². The lowest BCUT2D eigenvalue weighted by Crippen LogP contribution is -2.10. The Bertz CT molecular complexity index is 1070. The largest absolute Gasteiger partial charge is 0.384 e. The van der Waals surface area contributed by atoms with Crippen LogP contribution in [0.5, 0.6) is 0 Å². The van der Waals surface area contributed by atoms with Gasteiger partial charge in [0.15, 0.2) is 0 Å². The van der Waals surface area contributed by atoms with Gasteiger partial charge in [0.25, 0.3) is 0 Å². The van der Waals surface area contributed by atoms with Crippen LogP contribution in [0.15, 0.2) is 48.5 Å². The molecule has 0 amide bonds. The van der Waals surface area contributed by atoms with Crippen molar-refractivity contribution < 1.29 is 0 Å². The van der Waals surface area contributed by atoms with E-state index in [9.17, 15) is 5.26 Å². The molecular weight excluding hydrogens is 314 g/mol. The molecule has 0 radical (unpaired) electrons. The summed E-state index contributed by atoms with van der Waals surface area (Å²) in [4.78, 5) is 0. The molecule has 0 saturated carbocycles. The third-order valence-electron chi connectivity index (χ3n) is 4.57. The molecule has 1 heterocycles. The van der Waals surface area contributed by atoms with E-state index in [1.165, 1.54) is 5.56 Å². The van der Waals surface area contributed by atoms with E-state index in [1.54, 1.807) is 0 Å². The van der Waals surface area contributed by atoms with Crippen LogP contribution in [-0.2, 0) is 6.42 Å². The molecule has 1 aliphatic carbocycles. The van der Waals surface area contributed by atoms with Crippen molar-refractivity contribution in [3.8, 4) is 22.9 Å². The number of rotatable bonds is 1. The van der Waals surface area contributed by atoms with E-state index < -0.39 is 0 Å². The minimum atomic E-state index is 0.404. The summed E-state index contributed by atoms with van der Waals surface area (Å²) in [5.74, 6) is 0.404. The molecule has 1 aliphatic rings. The van der Waals surface area contributed by atoms with Crippen LogP contribution in [0.25, 0.3) is 16.8 Å². The van der Waals surface area contributed by atoms with Gasteiger partial charge in [0.1, 0.15) is 22.1 Å². The van der Waals surface area contributed by atoms with Gasteiger partial charge in [-0.1, -0.05) is 54.2 Å². The number of benzene rings is 2. The van der Waals surface area contributed by atoms with E-state index in [2.05, 4.69) is 12.1 Å². The monoisotopic (exact) mass is 329 g/mol. The van der Waals surface area contributed by atoms with Crippen molar-refractivity contribution in [2.24, 2.45) is 0 Å². The average molecular weight is 329 g/mol. The summed E-state index contributed by atoms with van der Waals surface area (Å²) in [5.41, 5.74) is 13.1. The Kier molecular flexibility index (Phi) is 3.26. The zero-order chi connectivity index (χ0) is 16.8. The molecule has 24 heavy (non-hydrogen) atoms. The molecule has 2 aromatic carbocycles. The van der Waals surface area contributed by atoms with E-state index in [0.717, 1.165) is 34.4 Å². The van der Waals surface area contributed by atoms with Gasteiger partial charge < -0.3 is 5.73 Å². The van der Waals surface area contributed by atoms with Crippen molar-refractivity contribution in [3.05, 3.63) is 75.4 Å². The number of fused-ring (bicyclic) bond motifs is 3. The fourth-order valence-corrected chi connectivity index (χ4v) is 3.75. The second-order valence-electron chi connectivity index (χ2n) is 6.04. The molecule has 0 bridgehead atoms. The first kappa shape index (κ1) is 14.7. The Labute approximate surface area is 145 Å². The summed E-state index contributed by atoms with van der Waals surface area (Å²) in [6.07, 6.45) is 0.741. The molecule has 0 spiro atoms. The summed E-state index contributed by atoms with van der Waals surface area (Å²) in [5, 5.41) is 9.74. The predicted molar refractivity (Wildman–Crippen MR) is 98.7 cm³/mol. The van der Waals surface area contributed by atoms with E-state index in [-0.39, 0.29) is 0 Å². The molecule has 3 aromatic rings. The minimum Gasteiger partial charge on any atom is -0.384 e. The number of nitrogens with two attached hydrogens (primary N) is 1. The van der Waals surface area contributed by atoms with Gasteiger partial charge in [-0.2, -0.15) is 5.26 Å². The Balaban J connectivity index is 2.08. The van der Waals surface area contributed by atoms with Crippen LogP contribution in [0.2, 0.25) is 0 Å². The maximum absolute atomic E-state index is 9.74. The molecule has 0 saturated heterocycles. The lowest BCUT2D eigenvalue weighted by atomic mass is 10.0. The highest BCUT2D eigenvalue weighted by Gasteiger charge is 2.26. The number of nitrogens with zero attached hydrogens (tertiary/aromatic N) is 2. The lowest BCUT2D eigenvalue weighted by molar-refractivity contribution is 1.01. The number of anilines is 1. The molecule has 0 unspecified atom stereocenters. The highest BCUT2D eigenvalue weighted by atomic mass is 32.1. The highest BCUT2D eigenvalue weighted by Crippen LogP contribution is 2.42. The molecular formula is C20H15N3S. The summed E-state index contributed by atoms with van der Waals surface area (Å²) in [6.45, 7) is 2.03. The van der Waals surface area contributed by atoms with Gasteiger partial charge in [-0.15, -0.1) is 0 Å². The van der Waals surface area contributed by atoms with Gasteiger partial charge in [0, 0.05) is 23.2 Å². The van der Waals surface area contributed by atoms with Crippen LogP contribution < -0.4 is 5.73 Å². The van der Waals surface area contributed by atoms with Gasteiger partial charge in [0.2, 0.25) is 0 Å². The van der Waals surface area contributed by atoms with Crippen molar-refractivity contribution >= 4 is 18.0 Å². The Morgan fingerprint density at radius 2 is 1.83 bits per heavy atom. The summed E-state index contributed by atoms with van der Waals surface area (Å²) < 4.78 is 2.50. The Hall–Kier alpha value is -2.90. The van der Waals surface area contributed by atoms with Crippen molar-refractivity contribution in [2.45, 2.75) is 13.3 Å². The lowest BCUT2D eigenvalue weighted by Gasteiger charge is -2.16. The number of hydrogen-bond acceptors (Lipinski definition) is 3. The third-order valence-corrected chi connectivity index (χ3v) is 5.00. The smallest absolute Gasteiger partial charge is 0.127 e. The molecule has 4 heteroatoms. The van der Waals surface area contributed by atoms with E-state index >= 15 is 0 Å². The van der Waals surface area contributed by atoms with Crippen LogP contribution in [0.3, 0.4) is 0 Å². The van der Waals surface area contributed by atoms with E-state index in [4.69, 9.17) is 18.0 Å². The molecule has 4 rings (SSSR count). The first-order valence-electron chi connectivity index (χ1n) is 7.74. The van der Waals surface area contributed by atoms with Gasteiger partial charge in [-0.05, 0) is 30.2 Å². The molecule has 0 atom stereocenters. The van der Waals surface area contributed by atoms with Crippen LogP contribution in [0, 0.1) is 22.9 Å². The van der Waals surface area contributed by atoms with Crippen LogP contribution in [0.4, 0.5) is 5.82 Å². The molecule has 0 aliphatic heterocycles. The normalized spacial score (nSPS) is 11.7. The fourth-order valence-electron chi connectivity index (χ4n) is 3.38. The first-order chi connectivity index (χ1) is 11.6. The molecule has 0 fully saturated rings. The Morgan fingerprint density at radius 1 is 1.12 bits per heavy atom. The van der Waals surface area contributed by atoms with Gasteiger partial charge >= 0.3 is 0 Å². The second-order valence-corrected chi connectivity index (χ2v) is 6.42. The van der Waals surface area contributed by atoms with Crippen molar-refractivity contribution in [3.63, 3.8) is 0 Å². The summed E-state index contributed by atoms with van der Waals surface area (Å²) in [7, 11) is 0. The zero-order valence-electron chi connectivity index (χ0n) is 13.2. The molecule has 116 valence electrons. The average Bonchev–Trinajstić information content (AvgIpc) is 2.97.